The summed E-state index contributed by atoms with van der Waals surface area (Å²) in [6, 6.07) is 14.1. The molecule has 2 atom stereocenters. The summed E-state index contributed by atoms with van der Waals surface area (Å²) in [6.07, 6.45) is 3.56. The smallest absolute Gasteiger partial charge is 0.121 e. The Morgan fingerprint density at radius 3 is 2.74 bits per heavy atom. The molecule has 100 valence electrons. The lowest BCUT2D eigenvalue weighted by molar-refractivity contribution is 0.250. The second-order valence-corrected chi connectivity index (χ2v) is 5.99. The highest BCUT2D eigenvalue weighted by Gasteiger charge is 2.47. The highest BCUT2D eigenvalue weighted by Crippen LogP contribution is 2.37. The molecule has 0 bridgehead atoms. The van der Waals surface area contributed by atoms with Gasteiger partial charge in [-0.05, 0) is 31.7 Å². The minimum atomic E-state index is -0.363. The Hall–Kier alpha value is -1.37. The molecule has 1 saturated heterocycles. The third-order valence-electron chi connectivity index (χ3n) is 4.37. The average Bonchev–Trinajstić information content (AvgIpc) is 3.23. The molecule has 0 spiro atoms. The van der Waals surface area contributed by atoms with E-state index in [-0.39, 0.29) is 5.54 Å². The van der Waals surface area contributed by atoms with Crippen LogP contribution in [-0.2, 0) is 6.54 Å². The van der Waals surface area contributed by atoms with E-state index >= 15 is 0 Å². The van der Waals surface area contributed by atoms with Crippen molar-refractivity contribution in [3.05, 3.63) is 35.9 Å². The summed E-state index contributed by atoms with van der Waals surface area (Å²) < 4.78 is 0. The average molecular weight is 255 g/mol. The van der Waals surface area contributed by atoms with Crippen LogP contribution in [0.25, 0.3) is 0 Å². The topological polar surface area (TPSA) is 39.1 Å². The zero-order chi connectivity index (χ0) is 13.3. The van der Waals surface area contributed by atoms with Gasteiger partial charge in [0, 0.05) is 25.2 Å². The van der Waals surface area contributed by atoms with E-state index in [1.165, 1.54) is 18.4 Å². The van der Waals surface area contributed by atoms with Gasteiger partial charge in [0.25, 0.3) is 0 Å². The van der Waals surface area contributed by atoms with Crippen LogP contribution in [0.15, 0.2) is 30.3 Å². The normalized spacial score (nSPS) is 31.3. The number of benzene rings is 1. The molecule has 3 rings (SSSR count). The maximum absolute atomic E-state index is 9.59. The molecule has 0 amide bonds. The molecular weight excluding hydrogens is 234 g/mol. The van der Waals surface area contributed by atoms with Crippen molar-refractivity contribution in [3.8, 4) is 6.07 Å². The van der Waals surface area contributed by atoms with Crippen LogP contribution in [0.1, 0.15) is 31.7 Å². The molecule has 1 aliphatic heterocycles. The maximum atomic E-state index is 9.59. The van der Waals surface area contributed by atoms with Gasteiger partial charge in [-0.3, -0.25) is 10.2 Å². The number of likely N-dealkylation sites (tertiary alicyclic amines) is 1. The van der Waals surface area contributed by atoms with Gasteiger partial charge < -0.3 is 0 Å². The number of rotatable bonds is 4. The Morgan fingerprint density at radius 2 is 2.11 bits per heavy atom. The first-order chi connectivity index (χ1) is 9.22. The van der Waals surface area contributed by atoms with Crippen LogP contribution >= 0.6 is 0 Å². The molecule has 0 aromatic heterocycles. The fourth-order valence-electron chi connectivity index (χ4n) is 3.16. The Balaban J connectivity index is 1.66. The summed E-state index contributed by atoms with van der Waals surface area (Å²) in [5.41, 5.74) is 0.882. The molecule has 3 nitrogen and oxygen atoms in total. The SMILES string of the molecule is CC1CC(C#N)(NCc2ccccc2)CN1C1CC1. The van der Waals surface area contributed by atoms with Crippen LogP contribution in [0.4, 0.5) is 0 Å². The van der Waals surface area contributed by atoms with E-state index < -0.39 is 0 Å². The van der Waals surface area contributed by atoms with Crippen molar-refractivity contribution in [1.29, 1.82) is 5.26 Å². The molecule has 1 aromatic rings. The molecule has 1 aliphatic carbocycles. The molecule has 3 heteroatoms. The van der Waals surface area contributed by atoms with Gasteiger partial charge in [-0.15, -0.1) is 0 Å². The third kappa shape index (κ3) is 2.65. The predicted octanol–water partition coefficient (Wildman–Crippen LogP) is 2.30. The van der Waals surface area contributed by atoms with Crippen LogP contribution in [0.2, 0.25) is 0 Å². The first kappa shape index (κ1) is 12.7. The van der Waals surface area contributed by atoms with Gasteiger partial charge in [0.15, 0.2) is 0 Å². The van der Waals surface area contributed by atoms with E-state index in [2.05, 4.69) is 35.3 Å². The van der Waals surface area contributed by atoms with E-state index in [4.69, 9.17) is 0 Å². The highest BCUT2D eigenvalue weighted by molar-refractivity contribution is 5.20. The van der Waals surface area contributed by atoms with Crippen LogP contribution in [0, 0.1) is 11.3 Å². The minimum Gasteiger partial charge on any atom is -0.295 e. The molecule has 1 heterocycles. The van der Waals surface area contributed by atoms with Gasteiger partial charge in [0.1, 0.15) is 5.54 Å². The van der Waals surface area contributed by atoms with Crippen LogP contribution < -0.4 is 5.32 Å². The Bertz CT molecular complexity index is 475. The number of hydrogen-bond acceptors (Lipinski definition) is 3. The lowest BCUT2D eigenvalue weighted by Crippen LogP contribution is -2.46. The summed E-state index contributed by atoms with van der Waals surface area (Å²) in [5.74, 6) is 0. The standard InChI is InChI=1S/C16H21N3/c1-13-9-16(11-17,12-19(13)15-7-8-15)18-10-14-5-3-2-4-6-14/h2-6,13,15,18H,7-10,12H2,1H3. The van der Waals surface area contributed by atoms with Gasteiger partial charge in [0.05, 0.1) is 6.07 Å². The molecule has 2 aliphatic rings. The quantitative estimate of drug-likeness (QED) is 0.897. The molecule has 0 radical (unpaired) electrons. The molecule has 2 unspecified atom stereocenters. The maximum Gasteiger partial charge on any atom is 0.121 e. The minimum absolute atomic E-state index is 0.363. The summed E-state index contributed by atoms with van der Waals surface area (Å²) in [4.78, 5) is 2.52. The first-order valence-corrected chi connectivity index (χ1v) is 7.18. The van der Waals surface area contributed by atoms with Crippen molar-refractivity contribution in [2.45, 2.75) is 50.4 Å². The summed E-state index contributed by atoms with van der Waals surface area (Å²) in [7, 11) is 0. The van der Waals surface area contributed by atoms with Crippen molar-refractivity contribution in [1.82, 2.24) is 10.2 Å². The van der Waals surface area contributed by atoms with Gasteiger partial charge in [-0.2, -0.15) is 5.26 Å². The van der Waals surface area contributed by atoms with Gasteiger partial charge in [-0.25, -0.2) is 0 Å². The van der Waals surface area contributed by atoms with E-state index in [9.17, 15) is 5.26 Å². The van der Waals surface area contributed by atoms with Crippen LogP contribution in [0.3, 0.4) is 0 Å². The zero-order valence-corrected chi connectivity index (χ0v) is 11.5. The predicted molar refractivity (Wildman–Crippen MR) is 75.4 cm³/mol. The van der Waals surface area contributed by atoms with E-state index in [1.54, 1.807) is 0 Å². The molecule has 19 heavy (non-hydrogen) atoms. The summed E-state index contributed by atoms with van der Waals surface area (Å²) in [6.45, 7) is 3.91. The number of hydrogen-bond donors (Lipinski definition) is 1. The molecule has 1 saturated carbocycles. The van der Waals surface area contributed by atoms with Crippen molar-refractivity contribution >= 4 is 0 Å². The number of nitriles is 1. The van der Waals surface area contributed by atoms with Gasteiger partial charge in [0.2, 0.25) is 0 Å². The van der Waals surface area contributed by atoms with E-state index in [1.807, 2.05) is 18.2 Å². The number of nitrogens with one attached hydrogen (secondary N) is 1. The largest absolute Gasteiger partial charge is 0.295 e. The lowest BCUT2D eigenvalue weighted by Gasteiger charge is -2.23. The zero-order valence-electron chi connectivity index (χ0n) is 11.5. The summed E-state index contributed by atoms with van der Waals surface area (Å²) >= 11 is 0. The molecule has 1 N–H and O–H groups in total. The second kappa shape index (κ2) is 4.96. The van der Waals surface area contributed by atoms with E-state index in [0.717, 1.165) is 25.6 Å². The van der Waals surface area contributed by atoms with Gasteiger partial charge >= 0.3 is 0 Å². The fraction of sp³-hybridized carbons (Fsp3) is 0.562. The van der Waals surface area contributed by atoms with Crippen LogP contribution in [0.5, 0.6) is 0 Å². The van der Waals surface area contributed by atoms with Gasteiger partial charge in [-0.1, -0.05) is 30.3 Å². The van der Waals surface area contributed by atoms with Crippen molar-refractivity contribution in [2.24, 2.45) is 0 Å². The van der Waals surface area contributed by atoms with E-state index in [0.29, 0.717) is 6.04 Å². The lowest BCUT2D eigenvalue weighted by atomic mass is 9.98. The molecule has 2 fully saturated rings. The number of nitrogens with zero attached hydrogens (tertiary/aromatic N) is 2. The molecular formula is C16H21N3. The third-order valence-corrected chi connectivity index (χ3v) is 4.37. The summed E-state index contributed by atoms with van der Waals surface area (Å²) in [5, 5.41) is 13.1. The van der Waals surface area contributed by atoms with Crippen molar-refractivity contribution in [2.75, 3.05) is 6.54 Å². The Morgan fingerprint density at radius 1 is 1.37 bits per heavy atom. The van der Waals surface area contributed by atoms with Crippen molar-refractivity contribution in [3.63, 3.8) is 0 Å². The van der Waals surface area contributed by atoms with Crippen LogP contribution in [-0.4, -0.2) is 29.1 Å². The molecule has 1 aromatic carbocycles. The fourth-order valence-corrected chi connectivity index (χ4v) is 3.16. The van der Waals surface area contributed by atoms with Crippen molar-refractivity contribution < 1.29 is 0 Å². The monoisotopic (exact) mass is 255 g/mol. The highest BCUT2D eigenvalue weighted by atomic mass is 15.3. The second-order valence-electron chi connectivity index (χ2n) is 5.99. The first-order valence-electron chi connectivity index (χ1n) is 7.18. The Kier molecular flexibility index (Phi) is 3.30. The Labute approximate surface area is 115 Å².